The number of hydrogen-bond acceptors (Lipinski definition) is 5. The summed E-state index contributed by atoms with van der Waals surface area (Å²) in [5, 5.41) is 13.3. The van der Waals surface area contributed by atoms with Gasteiger partial charge in [0, 0.05) is 29.1 Å². The molecule has 0 aliphatic rings. The number of pyridine rings is 1. The van der Waals surface area contributed by atoms with E-state index in [-0.39, 0.29) is 18.5 Å². The lowest BCUT2D eigenvalue weighted by Crippen LogP contribution is -2.07. The zero-order valence-corrected chi connectivity index (χ0v) is 17.9. The molecule has 0 unspecified atom stereocenters. The first kappa shape index (κ1) is 21.1. The van der Waals surface area contributed by atoms with Crippen LogP contribution < -0.4 is 5.32 Å². The summed E-state index contributed by atoms with van der Waals surface area (Å²) in [7, 11) is 0. The molecular weight excluding hydrogens is 411 g/mol. The largest absolute Gasteiger partial charge is 0.396 e. The first-order valence-corrected chi connectivity index (χ1v) is 11.0. The summed E-state index contributed by atoms with van der Waals surface area (Å²) in [6.07, 6.45) is 1.75. The van der Waals surface area contributed by atoms with Crippen molar-refractivity contribution in [1.29, 1.82) is 0 Å². The number of rotatable bonds is 8. The minimum absolute atomic E-state index is 0.0628. The summed E-state index contributed by atoms with van der Waals surface area (Å²) in [5.41, 5.74) is 4.45. The second-order valence-electron chi connectivity index (χ2n) is 7.05. The van der Waals surface area contributed by atoms with E-state index in [2.05, 4.69) is 34.3 Å². The van der Waals surface area contributed by atoms with Crippen LogP contribution in [0.15, 0.2) is 78.1 Å². The number of aliphatic hydroxyl groups is 1. The molecule has 0 saturated carbocycles. The highest BCUT2D eigenvalue weighted by molar-refractivity contribution is 7.99. The van der Waals surface area contributed by atoms with Crippen LogP contribution in [0.4, 0.5) is 10.2 Å². The monoisotopic (exact) mass is 434 g/mol. The summed E-state index contributed by atoms with van der Waals surface area (Å²) < 4.78 is 13.4. The van der Waals surface area contributed by atoms with Gasteiger partial charge in [-0.25, -0.2) is 14.4 Å². The standard InChI is InChI=1S/C24H23FN4OS/c1-16(17-5-3-2-4-6-17)27-21-15-19(11-12-26-21)23-22(18-7-9-20(25)10-8-18)28-24(29-23)31-14-13-30/h2-12,15-16,30H,13-14H2,1H3,(H,26,27)(H,28,29)/t16-/m1/s1. The molecule has 0 bridgehead atoms. The molecule has 0 saturated heterocycles. The molecule has 4 aromatic rings. The van der Waals surface area contributed by atoms with Crippen molar-refractivity contribution < 1.29 is 9.50 Å². The van der Waals surface area contributed by atoms with Gasteiger partial charge in [-0.15, -0.1) is 0 Å². The summed E-state index contributed by atoms with van der Waals surface area (Å²) in [5.74, 6) is 0.990. The van der Waals surface area contributed by atoms with E-state index in [4.69, 9.17) is 10.1 Å². The molecule has 7 heteroatoms. The second kappa shape index (κ2) is 9.76. The predicted octanol–water partition coefficient (Wildman–Crippen LogP) is 5.54. The second-order valence-corrected chi connectivity index (χ2v) is 8.13. The number of hydrogen-bond donors (Lipinski definition) is 3. The van der Waals surface area contributed by atoms with Gasteiger partial charge < -0.3 is 15.4 Å². The van der Waals surface area contributed by atoms with Crippen LogP contribution in [0.25, 0.3) is 22.5 Å². The fraction of sp³-hybridized carbons (Fsp3) is 0.167. The van der Waals surface area contributed by atoms with Crippen molar-refractivity contribution >= 4 is 17.6 Å². The molecule has 2 aromatic heterocycles. The number of nitrogens with one attached hydrogen (secondary N) is 2. The number of nitrogens with zero attached hydrogens (tertiary/aromatic N) is 2. The number of halogens is 1. The molecule has 0 aliphatic heterocycles. The molecule has 5 nitrogen and oxygen atoms in total. The molecule has 1 atom stereocenters. The van der Waals surface area contributed by atoms with Gasteiger partial charge in [0.2, 0.25) is 0 Å². The van der Waals surface area contributed by atoms with Gasteiger partial charge in [0.1, 0.15) is 11.6 Å². The number of aliphatic hydroxyl groups excluding tert-OH is 1. The smallest absolute Gasteiger partial charge is 0.166 e. The first-order chi connectivity index (χ1) is 15.1. The Bertz CT molecular complexity index is 1130. The average molecular weight is 435 g/mol. The molecule has 0 fully saturated rings. The van der Waals surface area contributed by atoms with Crippen molar-refractivity contribution in [3.63, 3.8) is 0 Å². The van der Waals surface area contributed by atoms with Crippen molar-refractivity contribution in [2.24, 2.45) is 0 Å². The van der Waals surface area contributed by atoms with Gasteiger partial charge in [0.25, 0.3) is 0 Å². The quantitative estimate of drug-likeness (QED) is 0.318. The maximum Gasteiger partial charge on any atom is 0.166 e. The first-order valence-electron chi connectivity index (χ1n) is 10.0. The Morgan fingerprint density at radius 3 is 2.58 bits per heavy atom. The highest BCUT2D eigenvalue weighted by Gasteiger charge is 2.16. The maximum atomic E-state index is 13.4. The number of aromatic nitrogens is 3. The molecule has 0 spiro atoms. The Morgan fingerprint density at radius 1 is 1.06 bits per heavy atom. The molecule has 0 aliphatic carbocycles. The van der Waals surface area contributed by atoms with Gasteiger partial charge in [0.15, 0.2) is 5.16 Å². The Balaban J connectivity index is 1.67. The molecule has 2 aromatic carbocycles. The average Bonchev–Trinajstić information content (AvgIpc) is 3.23. The van der Waals surface area contributed by atoms with Crippen LogP contribution in [0.3, 0.4) is 0 Å². The number of H-pyrrole nitrogens is 1. The lowest BCUT2D eigenvalue weighted by Gasteiger charge is -2.15. The van der Waals surface area contributed by atoms with Gasteiger partial charge >= 0.3 is 0 Å². The molecule has 0 radical (unpaired) electrons. The zero-order chi connectivity index (χ0) is 21.6. The summed E-state index contributed by atoms with van der Waals surface area (Å²) in [6.45, 7) is 2.15. The Labute approximate surface area is 184 Å². The van der Waals surface area contributed by atoms with E-state index in [1.54, 1.807) is 18.3 Å². The van der Waals surface area contributed by atoms with Gasteiger partial charge in [-0.3, -0.25) is 0 Å². The molecule has 158 valence electrons. The van der Waals surface area contributed by atoms with E-state index >= 15 is 0 Å². The lowest BCUT2D eigenvalue weighted by molar-refractivity contribution is 0.322. The van der Waals surface area contributed by atoms with E-state index in [0.29, 0.717) is 10.9 Å². The highest BCUT2D eigenvalue weighted by atomic mass is 32.2. The summed E-state index contributed by atoms with van der Waals surface area (Å²) in [6, 6.07) is 20.5. The summed E-state index contributed by atoms with van der Waals surface area (Å²) in [4.78, 5) is 12.5. The number of thioether (sulfide) groups is 1. The van der Waals surface area contributed by atoms with Gasteiger partial charge in [-0.1, -0.05) is 42.1 Å². The van der Waals surface area contributed by atoms with Gasteiger partial charge in [-0.2, -0.15) is 0 Å². The fourth-order valence-electron chi connectivity index (χ4n) is 3.30. The van der Waals surface area contributed by atoms with E-state index in [9.17, 15) is 4.39 Å². The predicted molar refractivity (Wildman–Crippen MR) is 124 cm³/mol. The third-order valence-electron chi connectivity index (χ3n) is 4.84. The number of benzene rings is 2. The van der Waals surface area contributed by atoms with Crippen molar-refractivity contribution in [3.05, 3.63) is 84.3 Å². The Hall–Kier alpha value is -3.16. The third kappa shape index (κ3) is 5.13. The highest BCUT2D eigenvalue weighted by Crippen LogP contribution is 2.33. The van der Waals surface area contributed by atoms with E-state index in [1.807, 2.05) is 30.3 Å². The summed E-state index contributed by atoms with van der Waals surface area (Å²) >= 11 is 1.44. The van der Waals surface area contributed by atoms with Crippen LogP contribution in [-0.2, 0) is 0 Å². The minimum atomic E-state index is -0.287. The normalized spacial score (nSPS) is 12.0. The van der Waals surface area contributed by atoms with E-state index < -0.39 is 0 Å². The van der Waals surface area contributed by atoms with Crippen LogP contribution in [0.5, 0.6) is 0 Å². The van der Waals surface area contributed by atoms with Crippen molar-refractivity contribution in [3.8, 4) is 22.5 Å². The van der Waals surface area contributed by atoms with E-state index in [1.165, 1.54) is 29.5 Å². The maximum absolute atomic E-state index is 13.4. The fourth-order valence-corrected chi connectivity index (χ4v) is 3.91. The number of imidazole rings is 1. The molecule has 3 N–H and O–H groups in total. The Kier molecular flexibility index (Phi) is 6.64. The molecule has 0 amide bonds. The van der Waals surface area contributed by atoms with Gasteiger partial charge in [-0.05, 0) is 48.9 Å². The molecule has 4 rings (SSSR count). The minimum Gasteiger partial charge on any atom is -0.396 e. The van der Waals surface area contributed by atoms with Crippen LogP contribution in [0.1, 0.15) is 18.5 Å². The molecular formula is C24H23FN4OS. The lowest BCUT2D eigenvalue weighted by atomic mass is 10.1. The van der Waals surface area contributed by atoms with E-state index in [0.717, 1.165) is 28.3 Å². The topological polar surface area (TPSA) is 73.8 Å². The Morgan fingerprint density at radius 2 is 1.84 bits per heavy atom. The molecule has 2 heterocycles. The van der Waals surface area contributed by atoms with Crippen molar-refractivity contribution in [1.82, 2.24) is 15.0 Å². The third-order valence-corrected chi connectivity index (χ3v) is 5.70. The molecule has 31 heavy (non-hydrogen) atoms. The SMILES string of the molecule is C[C@@H](Nc1cc(-c2nc(SCCO)[nH]c2-c2ccc(F)cc2)ccn1)c1ccccc1. The van der Waals surface area contributed by atoms with Crippen LogP contribution in [0.2, 0.25) is 0 Å². The number of anilines is 1. The zero-order valence-electron chi connectivity index (χ0n) is 17.0. The van der Waals surface area contributed by atoms with Crippen LogP contribution in [0, 0.1) is 5.82 Å². The van der Waals surface area contributed by atoms with Crippen molar-refractivity contribution in [2.45, 2.75) is 18.1 Å². The van der Waals surface area contributed by atoms with Crippen LogP contribution >= 0.6 is 11.8 Å². The number of aromatic amines is 1. The van der Waals surface area contributed by atoms with Crippen LogP contribution in [-0.4, -0.2) is 32.4 Å². The van der Waals surface area contributed by atoms with Gasteiger partial charge in [0.05, 0.1) is 18.0 Å². The van der Waals surface area contributed by atoms with Crippen molar-refractivity contribution in [2.75, 3.05) is 17.7 Å².